The minimum Gasteiger partial charge on any atom is -0.508 e. The van der Waals surface area contributed by atoms with Gasteiger partial charge in [0.15, 0.2) is 0 Å². The molecule has 0 spiro atoms. The van der Waals surface area contributed by atoms with E-state index in [-0.39, 0.29) is 11.9 Å². The molecular weight excluding hydrogens is 312 g/mol. The number of para-hydroxylation sites is 1. The molecule has 2 aromatic carbocycles. The van der Waals surface area contributed by atoms with Crippen molar-refractivity contribution in [2.75, 3.05) is 18.0 Å². The lowest BCUT2D eigenvalue weighted by Gasteiger charge is -2.38. The van der Waals surface area contributed by atoms with Crippen LogP contribution in [0.1, 0.15) is 30.9 Å². The van der Waals surface area contributed by atoms with Crippen molar-refractivity contribution in [3.63, 3.8) is 0 Å². The second-order valence-electron chi connectivity index (χ2n) is 6.86. The van der Waals surface area contributed by atoms with Crippen molar-refractivity contribution in [2.24, 2.45) is 0 Å². The monoisotopic (exact) mass is 338 g/mol. The first-order valence-electron chi connectivity index (χ1n) is 8.90. The number of nitrogens with zero attached hydrogens (tertiary/aromatic N) is 2. The predicted molar refractivity (Wildman–Crippen MR) is 101 cm³/mol. The Kier molecular flexibility index (Phi) is 5.39. The highest BCUT2D eigenvalue weighted by Gasteiger charge is 2.27. The molecule has 1 aliphatic heterocycles. The van der Waals surface area contributed by atoms with Crippen LogP contribution < -0.4 is 4.90 Å². The van der Waals surface area contributed by atoms with Crippen molar-refractivity contribution in [2.45, 2.75) is 39.3 Å². The Balaban J connectivity index is 1.64. The molecule has 0 aliphatic carbocycles. The predicted octanol–water partition coefficient (Wildman–Crippen LogP) is 3.72. The number of rotatable bonds is 4. The highest BCUT2D eigenvalue weighted by Crippen LogP contribution is 2.26. The summed E-state index contributed by atoms with van der Waals surface area (Å²) in [6.07, 6.45) is 1.89. The smallest absolute Gasteiger partial charge is 0.224 e. The number of carbonyl (C=O) groups excluding carboxylic acids is 1. The van der Waals surface area contributed by atoms with Crippen LogP contribution in [0.5, 0.6) is 5.75 Å². The van der Waals surface area contributed by atoms with Gasteiger partial charge in [-0.2, -0.15) is 0 Å². The van der Waals surface area contributed by atoms with Crippen LogP contribution in [0, 0.1) is 6.92 Å². The van der Waals surface area contributed by atoms with Crippen LogP contribution in [-0.4, -0.2) is 35.0 Å². The van der Waals surface area contributed by atoms with Crippen LogP contribution in [0.2, 0.25) is 0 Å². The number of phenolic OH excluding ortho intramolecular Hbond substituents is 1. The fourth-order valence-corrected chi connectivity index (χ4v) is 3.58. The number of phenols is 1. The fraction of sp³-hybridized carbons (Fsp3) is 0.381. The van der Waals surface area contributed by atoms with Gasteiger partial charge < -0.3 is 10.0 Å². The minimum atomic E-state index is 0.100. The normalized spacial score (nSPS) is 15.9. The summed E-state index contributed by atoms with van der Waals surface area (Å²) >= 11 is 0. The summed E-state index contributed by atoms with van der Waals surface area (Å²) in [4.78, 5) is 16.5. The highest BCUT2D eigenvalue weighted by atomic mass is 16.3. The van der Waals surface area contributed by atoms with E-state index in [0.717, 1.165) is 43.7 Å². The molecule has 4 heteroatoms. The zero-order chi connectivity index (χ0) is 17.8. The quantitative estimate of drug-likeness (QED) is 0.924. The number of hydrogen-bond acceptors (Lipinski definition) is 3. The van der Waals surface area contributed by atoms with E-state index < -0.39 is 0 Å². The molecule has 132 valence electrons. The van der Waals surface area contributed by atoms with Gasteiger partial charge in [-0.05, 0) is 38.0 Å². The Labute approximate surface area is 149 Å². The Bertz CT molecular complexity index is 719. The molecule has 0 radical (unpaired) electrons. The number of hydrogen-bond donors (Lipinski definition) is 1. The largest absolute Gasteiger partial charge is 0.508 e. The van der Waals surface area contributed by atoms with E-state index in [0.29, 0.717) is 5.75 Å². The number of aryl methyl sites for hydroxylation is 1. The molecule has 1 heterocycles. The van der Waals surface area contributed by atoms with Gasteiger partial charge in [-0.1, -0.05) is 35.9 Å². The third kappa shape index (κ3) is 4.20. The van der Waals surface area contributed by atoms with Gasteiger partial charge >= 0.3 is 0 Å². The number of benzene rings is 2. The number of aromatic hydroxyl groups is 1. The van der Waals surface area contributed by atoms with Crippen molar-refractivity contribution in [1.29, 1.82) is 0 Å². The molecule has 0 aromatic heterocycles. The number of carbonyl (C=O) groups is 1. The summed E-state index contributed by atoms with van der Waals surface area (Å²) in [5.74, 6) is 0.456. The Morgan fingerprint density at radius 2 is 1.76 bits per heavy atom. The Morgan fingerprint density at radius 1 is 1.12 bits per heavy atom. The van der Waals surface area contributed by atoms with Gasteiger partial charge in [0.1, 0.15) is 5.75 Å². The number of piperidine rings is 1. The second kappa shape index (κ2) is 7.70. The molecule has 25 heavy (non-hydrogen) atoms. The molecule has 1 N–H and O–H groups in total. The summed E-state index contributed by atoms with van der Waals surface area (Å²) < 4.78 is 0. The van der Waals surface area contributed by atoms with E-state index in [9.17, 15) is 9.90 Å². The van der Waals surface area contributed by atoms with E-state index >= 15 is 0 Å². The average molecular weight is 338 g/mol. The first kappa shape index (κ1) is 17.5. The Hall–Kier alpha value is -2.33. The average Bonchev–Trinajstić information content (AvgIpc) is 2.60. The lowest BCUT2D eigenvalue weighted by molar-refractivity contribution is -0.117. The summed E-state index contributed by atoms with van der Waals surface area (Å²) in [5.41, 5.74) is 3.14. The number of anilines is 1. The Morgan fingerprint density at radius 3 is 2.36 bits per heavy atom. The zero-order valence-electron chi connectivity index (χ0n) is 15.0. The molecule has 3 rings (SSSR count). The molecule has 4 nitrogen and oxygen atoms in total. The SMILES string of the molecule is CC(=O)N(c1ccc(C)cc1)C1CCN(Cc2ccccc2O)CC1. The van der Waals surface area contributed by atoms with E-state index in [1.54, 1.807) is 13.0 Å². The van der Waals surface area contributed by atoms with Crippen LogP contribution >= 0.6 is 0 Å². The lowest BCUT2D eigenvalue weighted by Crippen LogP contribution is -2.46. The fourth-order valence-electron chi connectivity index (χ4n) is 3.58. The molecule has 1 aliphatic rings. The van der Waals surface area contributed by atoms with Crippen molar-refractivity contribution in [3.8, 4) is 5.75 Å². The van der Waals surface area contributed by atoms with Crippen LogP contribution in [0.15, 0.2) is 48.5 Å². The highest BCUT2D eigenvalue weighted by molar-refractivity contribution is 5.92. The third-order valence-corrected chi connectivity index (χ3v) is 4.96. The number of amides is 1. The summed E-state index contributed by atoms with van der Waals surface area (Å²) in [6, 6.07) is 15.9. The topological polar surface area (TPSA) is 43.8 Å². The van der Waals surface area contributed by atoms with Gasteiger partial charge in [-0.15, -0.1) is 0 Å². The maximum absolute atomic E-state index is 12.2. The summed E-state index contributed by atoms with van der Waals surface area (Å²) in [5, 5.41) is 9.95. The van der Waals surface area contributed by atoms with Gasteiger partial charge in [0.05, 0.1) is 0 Å². The first-order valence-corrected chi connectivity index (χ1v) is 8.90. The first-order chi connectivity index (χ1) is 12.0. The van der Waals surface area contributed by atoms with E-state index in [1.165, 1.54) is 5.56 Å². The molecule has 0 atom stereocenters. The summed E-state index contributed by atoms with van der Waals surface area (Å²) in [6.45, 7) is 6.31. The standard InChI is InChI=1S/C21H26N2O2/c1-16-7-9-19(10-8-16)23(17(2)24)20-11-13-22(14-12-20)15-18-5-3-4-6-21(18)25/h3-10,20,25H,11-15H2,1-2H3. The van der Waals surface area contributed by atoms with Gasteiger partial charge in [-0.25, -0.2) is 0 Å². The molecule has 0 bridgehead atoms. The van der Waals surface area contributed by atoms with E-state index in [2.05, 4.69) is 24.0 Å². The molecule has 1 fully saturated rings. The third-order valence-electron chi connectivity index (χ3n) is 4.96. The van der Waals surface area contributed by atoms with Crippen molar-refractivity contribution >= 4 is 11.6 Å². The van der Waals surface area contributed by atoms with Crippen molar-refractivity contribution in [1.82, 2.24) is 4.90 Å². The summed E-state index contributed by atoms with van der Waals surface area (Å²) in [7, 11) is 0. The van der Waals surface area contributed by atoms with Crippen LogP contribution in [-0.2, 0) is 11.3 Å². The molecule has 2 aromatic rings. The maximum atomic E-state index is 12.2. The van der Waals surface area contributed by atoms with Crippen LogP contribution in [0.3, 0.4) is 0 Å². The van der Waals surface area contributed by atoms with Crippen molar-refractivity contribution in [3.05, 3.63) is 59.7 Å². The lowest BCUT2D eigenvalue weighted by atomic mass is 10.0. The van der Waals surface area contributed by atoms with Crippen LogP contribution in [0.25, 0.3) is 0 Å². The minimum absolute atomic E-state index is 0.100. The van der Waals surface area contributed by atoms with Gasteiger partial charge in [0.2, 0.25) is 5.91 Å². The van der Waals surface area contributed by atoms with E-state index in [4.69, 9.17) is 0 Å². The second-order valence-corrected chi connectivity index (χ2v) is 6.86. The van der Waals surface area contributed by atoms with E-state index in [1.807, 2.05) is 35.2 Å². The molecular formula is C21H26N2O2. The van der Waals surface area contributed by atoms with Gasteiger partial charge in [-0.3, -0.25) is 9.69 Å². The maximum Gasteiger partial charge on any atom is 0.224 e. The van der Waals surface area contributed by atoms with Gasteiger partial charge in [0, 0.05) is 43.9 Å². The van der Waals surface area contributed by atoms with Crippen LogP contribution in [0.4, 0.5) is 5.69 Å². The van der Waals surface area contributed by atoms with Crippen molar-refractivity contribution < 1.29 is 9.90 Å². The zero-order valence-corrected chi connectivity index (χ0v) is 15.0. The molecule has 1 saturated heterocycles. The van der Waals surface area contributed by atoms with Gasteiger partial charge in [0.25, 0.3) is 0 Å². The molecule has 0 saturated carbocycles. The molecule has 0 unspecified atom stereocenters. The molecule has 1 amide bonds. The number of likely N-dealkylation sites (tertiary alicyclic amines) is 1.